The lowest BCUT2D eigenvalue weighted by molar-refractivity contribution is 0.0759. The SMILES string of the molecule is COCCOCCNc1ncccn1. The highest BCUT2D eigenvalue weighted by atomic mass is 16.5. The van der Waals surface area contributed by atoms with Gasteiger partial charge in [0.15, 0.2) is 0 Å². The zero-order valence-corrected chi connectivity index (χ0v) is 8.27. The number of ether oxygens (including phenoxy) is 2. The molecule has 0 bridgehead atoms. The average molecular weight is 197 g/mol. The minimum Gasteiger partial charge on any atom is -0.382 e. The fraction of sp³-hybridized carbons (Fsp3) is 0.556. The zero-order valence-electron chi connectivity index (χ0n) is 8.27. The van der Waals surface area contributed by atoms with Crippen LogP contribution in [0.3, 0.4) is 0 Å². The number of aromatic nitrogens is 2. The van der Waals surface area contributed by atoms with Crippen LogP contribution in [0.5, 0.6) is 0 Å². The van der Waals surface area contributed by atoms with E-state index in [4.69, 9.17) is 9.47 Å². The van der Waals surface area contributed by atoms with Gasteiger partial charge in [-0.3, -0.25) is 0 Å². The Labute approximate surface area is 83.5 Å². The predicted molar refractivity (Wildman–Crippen MR) is 53.2 cm³/mol. The van der Waals surface area contributed by atoms with Gasteiger partial charge >= 0.3 is 0 Å². The summed E-state index contributed by atoms with van der Waals surface area (Å²) in [6.45, 7) is 2.57. The first kappa shape index (κ1) is 10.9. The molecule has 5 nitrogen and oxygen atoms in total. The summed E-state index contributed by atoms with van der Waals surface area (Å²) < 4.78 is 10.1. The topological polar surface area (TPSA) is 56.3 Å². The third-order valence-corrected chi connectivity index (χ3v) is 1.53. The second-order valence-electron chi connectivity index (χ2n) is 2.60. The molecular formula is C9H15N3O2. The molecule has 0 aliphatic rings. The van der Waals surface area contributed by atoms with Crippen LogP contribution in [0, 0.1) is 0 Å². The lowest BCUT2D eigenvalue weighted by Gasteiger charge is -2.04. The Balaban J connectivity index is 1.99. The highest BCUT2D eigenvalue weighted by Gasteiger charge is 1.91. The maximum absolute atomic E-state index is 5.25. The van der Waals surface area contributed by atoms with Gasteiger partial charge in [-0.15, -0.1) is 0 Å². The third kappa shape index (κ3) is 4.74. The molecule has 0 fully saturated rings. The highest BCUT2D eigenvalue weighted by Crippen LogP contribution is 1.92. The van der Waals surface area contributed by atoms with Crippen molar-refractivity contribution in [2.24, 2.45) is 0 Å². The fourth-order valence-electron chi connectivity index (χ4n) is 0.870. The van der Waals surface area contributed by atoms with Crippen molar-refractivity contribution >= 4 is 5.95 Å². The number of rotatable bonds is 7. The number of nitrogens with one attached hydrogen (secondary N) is 1. The van der Waals surface area contributed by atoms with E-state index in [0.717, 1.165) is 0 Å². The van der Waals surface area contributed by atoms with E-state index in [2.05, 4.69) is 15.3 Å². The average Bonchev–Trinajstić information content (AvgIpc) is 2.25. The standard InChI is InChI=1S/C9H15N3O2/c1-13-7-8-14-6-5-12-9-10-3-2-4-11-9/h2-4H,5-8H2,1H3,(H,10,11,12). The van der Waals surface area contributed by atoms with E-state index in [9.17, 15) is 0 Å². The lowest BCUT2D eigenvalue weighted by Crippen LogP contribution is -2.13. The summed E-state index contributed by atoms with van der Waals surface area (Å²) in [5, 5.41) is 3.03. The van der Waals surface area contributed by atoms with Crippen molar-refractivity contribution in [1.29, 1.82) is 0 Å². The Morgan fingerprint density at radius 3 is 2.71 bits per heavy atom. The first-order valence-electron chi connectivity index (χ1n) is 4.51. The van der Waals surface area contributed by atoms with Crippen LogP contribution in [0.15, 0.2) is 18.5 Å². The van der Waals surface area contributed by atoms with Gasteiger partial charge in [-0.05, 0) is 6.07 Å². The van der Waals surface area contributed by atoms with Crippen molar-refractivity contribution in [3.05, 3.63) is 18.5 Å². The Kier molecular flexibility index (Phi) is 5.62. The van der Waals surface area contributed by atoms with Crippen molar-refractivity contribution in [1.82, 2.24) is 9.97 Å². The van der Waals surface area contributed by atoms with E-state index in [-0.39, 0.29) is 0 Å². The van der Waals surface area contributed by atoms with E-state index >= 15 is 0 Å². The number of hydrogen-bond donors (Lipinski definition) is 1. The molecule has 0 saturated heterocycles. The Bertz CT molecular complexity index is 231. The largest absolute Gasteiger partial charge is 0.382 e. The molecule has 0 amide bonds. The molecule has 0 radical (unpaired) electrons. The molecule has 1 N–H and O–H groups in total. The second-order valence-corrected chi connectivity index (χ2v) is 2.60. The van der Waals surface area contributed by atoms with Crippen molar-refractivity contribution in [3.8, 4) is 0 Å². The van der Waals surface area contributed by atoms with Crippen LogP contribution >= 0.6 is 0 Å². The molecule has 0 unspecified atom stereocenters. The van der Waals surface area contributed by atoms with Crippen molar-refractivity contribution < 1.29 is 9.47 Å². The number of nitrogens with zero attached hydrogens (tertiary/aromatic N) is 2. The zero-order chi connectivity index (χ0) is 10.1. The Hall–Kier alpha value is -1.20. The number of methoxy groups -OCH3 is 1. The van der Waals surface area contributed by atoms with Crippen LogP contribution in [0.25, 0.3) is 0 Å². The normalized spacial score (nSPS) is 10.1. The molecule has 14 heavy (non-hydrogen) atoms. The molecule has 0 atom stereocenters. The molecule has 1 aromatic heterocycles. The van der Waals surface area contributed by atoms with Crippen molar-refractivity contribution in [2.75, 3.05) is 38.8 Å². The van der Waals surface area contributed by atoms with Gasteiger partial charge in [0.25, 0.3) is 0 Å². The molecule has 0 saturated carbocycles. The maximum atomic E-state index is 5.25. The summed E-state index contributed by atoms with van der Waals surface area (Å²) >= 11 is 0. The van der Waals surface area contributed by atoms with E-state index in [1.165, 1.54) is 0 Å². The fourth-order valence-corrected chi connectivity index (χ4v) is 0.870. The first-order valence-corrected chi connectivity index (χ1v) is 4.51. The molecular weight excluding hydrogens is 182 g/mol. The van der Waals surface area contributed by atoms with Gasteiger partial charge in [-0.2, -0.15) is 0 Å². The number of anilines is 1. The van der Waals surface area contributed by atoms with Crippen LogP contribution < -0.4 is 5.32 Å². The Morgan fingerprint density at radius 1 is 1.21 bits per heavy atom. The molecule has 0 aliphatic heterocycles. The van der Waals surface area contributed by atoms with Crippen molar-refractivity contribution in [2.45, 2.75) is 0 Å². The van der Waals surface area contributed by atoms with Crippen LogP contribution in [-0.2, 0) is 9.47 Å². The van der Waals surface area contributed by atoms with Gasteiger partial charge in [0.1, 0.15) is 0 Å². The third-order valence-electron chi connectivity index (χ3n) is 1.53. The van der Waals surface area contributed by atoms with E-state index in [1.54, 1.807) is 25.6 Å². The van der Waals surface area contributed by atoms with Crippen LogP contribution in [0.1, 0.15) is 0 Å². The summed E-state index contributed by atoms with van der Waals surface area (Å²) in [6.07, 6.45) is 3.39. The van der Waals surface area contributed by atoms with Gasteiger partial charge in [-0.1, -0.05) is 0 Å². The molecule has 78 valence electrons. The molecule has 0 aromatic carbocycles. The summed E-state index contributed by atoms with van der Waals surface area (Å²) in [5.74, 6) is 0.628. The quantitative estimate of drug-likeness (QED) is 0.647. The molecule has 0 spiro atoms. The monoisotopic (exact) mass is 197 g/mol. The molecule has 5 heteroatoms. The molecule has 1 aromatic rings. The minimum absolute atomic E-state index is 0.619. The lowest BCUT2D eigenvalue weighted by atomic mass is 10.6. The van der Waals surface area contributed by atoms with E-state index < -0.39 is 0 Å². The second kappa shape index (κ2) is 7.23. The number of hydrogen-bond acceptors (Lipinski definition) is 5. The molecule has 1 rings (SSSR count). The predicted octanol–water partition coefficient (Wildman–Crippen LogP) is 0.551. The van der Waals surface area contributed by atoms with Gasteiger partial charge < -0.3 is 14.8 Å². The van der Waals surface area contributed by atoms with Crippen LogP contribution in [0.4, 0.5) is 5.95 Å². The summed E-state index contributed by atoms with van der Waals surface area (Å²) in [5.41, 5.74) is 0. The summed E-state index contributed by atoms with van der Waals surface area (Å²) in [4.78, 5) is 8.02. The van der Waals surface area contributed by atoms with Gasteiger partial charge in [0, 0.05) is 26.0 Å². The summed E-state index contributed by atoms with van der Waals surface area (Å²) in [6, 6.07) is 1.78. The van der Waals surface area contributed by atoms with Crippen molar-refractivity contribution in [3.63, 3.8) is 0 Å². The first-order chi connectivity index (χ1) is 6.93. The van der Waals surface area contributed by atoms with Crippen LogP contribution in [0.2, 0.25) is 0 Å². The smallest absolute Gasteiger partial charge is 0.222 e. The van der Waals surface area contributed by atoms with Gasteiger partial charge in [0.2, 0.25) is 5.95 Å². The van der Waals surface area contributed by atoms with E-state index in [0.29, 0.717) is 32.3 Å². The van der Waals surface area contributed by atoms with Gasteiger partial charge in [0.05, 0.1) is 19.8 Å². The van der Waals surface area contributed by atoms with Gasteiger partial charge in [-0.25, -0.2) is 9.97 Å². The van der Waals surface area contributed by atoms with Crippen LogP contribution in [-0.4, -0.2) is 43.4 Å². The summed E-state index contributed by atoms with van der Waals surface area (Å²) in [7, 11) is 1.65. The maximum Gasteiger partial charge on any atom is 0.222 e. The van der Waals surface area contributed by atoms with E-state index in [1.807, 2.05) is 0 Å². The molecule has 1 heterocycles. The highest BCUT2D eigenvalue weighted by molar-refractivity contribution is 5.21. The molecule has 0 aliphatic carbocycles. The minimum atomic E-state index is 0.619. The Morgan fingerprint density at radius 2 is 2.00 bits per heavy atom.